The summed E-state index contributed by atoms with van der Waals surface area (Å²) in [6.07, 6.45) is 18.0. The van der Waals surface area contributed by atoms with Gasteiger partial charge in [0.2, 0.25) is 0 Å². The molecule has 1 aliphatic rings. The first-order chi connectivity index (χ1) is 14.1. The summed E-state index contributed by atoms with van der Waals surface area (Å²) in [5.74, 6) is 0. The zero-order chi connectivity index (χ0) is 21.0. The molecule has 1 atom stereocenters. The third kappa shape index (κ3) is 17.4. The van der Waals surface area contributed by atoms with Crippen molar-refractivity contribution in [1.29, 1.82) is 0 Å². The summed E-state index contributed by atoms with van der Waals surface area (Å²) in [6, 6.07) is 0. The highest BCUT2D eigenvalue weighted by Crippen LogP contribution is 2.43. The number of phosphoric ester groups is 1. The third-order valence-corrected chi connectivity index (χ3v) is 6.54. The fourth-order valence-corrected chi connectivity index (χ4v) is 4.37. The van der Waals surface area contributed by atoms with Gasteiger partial charge in [-0.05, 0) is 6.42 Å². The normalized spacial score (nSPS) is 17.4. The van der Waals surface area contributed by atoms with Gasteiger partial charge in [-0.25, -0.2) is 4.57 Å². The monoisotopic (exact) mass is 435 g/mol. The van der Waals surface area contributed by atoms with Crippen LogP contribution in [-0.4, -0.2) is 55.9 Å². The van der Waals surface area contributed by atoms with Gasteiger partial charge in [-0.2, -0.15) is 0 Å². The van der Waals surface area contributed by atoms with E-state index in [1.807, 2.05) is 0 Å². The van der Waals surface area contributed by atoms with Gasteiger partial charge in [0.05, 0.1) is 26.4 Å². The highest BCUT2D eigenvalue weighted by molar-refractivity contribution is 7.47. The van der Waals surface area contributed by atoms with Gasteiger partial charge in [-0.3, -0.25) is 13.9 Å². The van der Waals surface area contributed by atoms with Crippen LogP contribution in [0.15, 0.2) is 0 Å². The van der Waals surface area contributed by atoms with Crippen molar-refractivity contribution >= 4 is 7.82 Å². The van der Waals surface area contributed by atoms with E-state index in [1.165, 1.54) is 77.0 Å². The number of hydrogen-bond donors (Lipinski definition) is 1. The Kier molecular flexibility index (Phi) is 17.5. The Balaban J connectivity index is 1.80. The third-order valence-electron chi connectivity index (χ3n) is 5.52. The summed E-state index contributed by atoms with van der Waals surface area (Å²) < 4.78 is 27.3. The van der Waals surface area contributed by atoms with E-state index >= 15 is 0 Å². The van der Waals surface area contributed by atoms with Crippen molar-refractivity contribution in [3.63, 3.8) is 0 Å². The second-order valence-electron chi connectivity index (χ2n) is 8.19. The van der Waals surface area contributed by atoms with Crippen LogP contribution in [0.1, 0.15) is 96.8 Å². The molecule has 0 amide bonds. The molecule has 0 aromatic heterocycles. The molecule has 0 radical (unpaired) electrons. The van der Waals surface area contributed by atoms with E-state index < -0.39 is 7.82 Å². The SMILES string of the molecule is CCCCCCCCCCCCCCCCOP(=O)(O)OCCN1CCOCC1. The highest BCUT2D eigenvalue weighted by Gasteiger charge is 2.21. The van der Waals surface area contributed by atoms with E-state index in [0.717, 1.165) is 25.9 Å². The Bertz CT molecular complexity index is 405. The van der Waals surface area contributed by atoms with Crippen LogP contribution in [0.4, 0.5) is 0 Å². The zero-order valence-corrected chi connectivity index (χ0v) is 19.7. The topological polar surface area (TPSA) is 68.2 Å². The average Bonchev–Trinajstić information content (AvgIpc) is 2.71. The summed E-state index contributed by atoms with van der Waals surface area (Å²) in [7, 11) is -3.90. The molecule has 1 rings (SSSR count). The lowest BCUT2D eigenvalue weighted by Crippen LogP contribution is -2.38. The van der Waals surface area contributed by atoms with Crippen LogP contribution in [0.25, 0.3) is 0 Å². The molecule has 1 heterocycles. The second kappa shape index (κ2) is 18.8. The molecule has 0 spiro atoms. The maximum atomic E-state index is 11.9. The van der Waals surface area contributed by atoms with Crippen molar-refractivity contribution in [2.24, 2.45) is 0 Å². The molecule has 7 heteroatoms. The van der Waals surface area contributed by atoms with Gasteiger partial charge >= 0.3 is 7.82 Å². The van der Waals surface area contributed by atoms with Crippen molar-refractivity contribution in [2.75, 3.05) is 46.1 Å². The minimum atomic E-state index is -3.90. The first kappa shape index (κ1) is 27.1. The molecule has 6 nitrogen and oxygen atoms in total. The van der Waals surface area contributed by atoms with E-state index in [2.05, 4.69) is 11.8 Å². The van der Waals surface area contributed by atoms with Crippen molar-refractivity contribution in [3.8, 4) is 0 Å². The number of phosphoric acid groups is 1. The Morgan fingerprint density at radius 3 is 1.72 bits per heavy atom. The summed E-state index contributed by atoms with van der Waals surface area (Å²) in [4.78, 5) is 11.9. The second-order valence-corrected chi connectivity index (χ2v) is 9.64. The Labute approximate surface area is 179 Å². The van der Waals surface area contributed by atoms with Crippen LogP contribution in [-0.2, 0) is 18.3 Å². The van der Waals surface area contributed by atoms with E-state index in [-0.39, 0.29) is 6.61 Å². The van der Waals surface area contributed by atoms with Crippen molar-refractivity contribution in [3.05, 3.63) is 0 Å². The Morgan fingerprint density at radius 2 is 1.21 bits per heavy atom. The molecule has 0 bridgehead atoms. The van der Waals surface area contributed by atoms with Gasteiger partial charge in [0.1, 0.15) is 0 Å². The number of ether oxygens (including phenoxy) is 1. The van der Waals surface area contributed by atoms with Crippen LogP contribution in [0.2, 0.25) is 0 Å². The lowest BCUT2D eigenvalue weighted by Gasteiger charge is -2.26. The number of hydrogen-bond acceptors (Lipinski definition) is 5. The number of morpholine rings is 1. The summed E-state index contributed by atoms with van der Waals surface area (Å²) in [6.45, 7) is 6.53. The average molecular weight is 436 g/mol. The van der Waals surface area contributed by atoms with Gasteiger partial charge in [0.25, 0.3) is 0 Å². The minimum absolute atomic E-state index is 0.215. The highest BCUT2D eigenvalue weighted by atomic mass is 31.2. The first-order valence-corrected chi connectivity index (χ1v) is 13.6. The van der Waals surface area contributed by atoms with Crippen LogP contribution in [0, 0.1) is 0 Å². The summed E-state index contributed by atoms with van der Waals surface area (Å²) in [5.41, 5.74) is 0. The lowest BCUT2D eigenvalue weighted by molar-refractivity contribution is 0.0291. The Hall–Kier alpha value is 0.0300. The van der Waals surface area contributed by atoms with Gasteiger partial charge < -0.3 is 9.63 Å². The fraction of sp³-hybridized carbons (Fsp3) is 1.00. The molecule has 0 saturated carbocycles. The maximum absolute atomic E-state index is 11.9. The van der Waals surface area contributed by atoms with E-state index in [0.29, 0.717) is 26.4 Å². The van der Waals surface area contributed by atoms with Gasteiger partial charge in [-0.1, -0.05) is 90.4 Å². The molecule has 1 saturated heterocycles. The summed E-state index contributed by atoms with van der Waals surface area (Å²) >= 11 is 0. The predicted octanol–water partition coefficient (Wildman–Crippen LogP) is 5.93. The van der Waals surface area contributed by atoms with Crippen LogP contribution in [0.3, 0.4) is 0 Å². The maximum Gasteiger partial charge on any atom is 0.472 e. The zero-order valence-electron chi connectivity index (χ0n) is 18.8. The van der Waals surface area contributed by atoms with Gasteiger partial charge in [0, 0.05) is 19.6 Å². The van der Waals surface area contributed by atoms with E-state index in [4.69, 9.17) is 13.8 Å². The van der Waals surface area contributed by atoms with E-state index in [1.54, 1.807) is 0 Å². The number of unbranched alkanes of at least 4 members (excludes halogenated alkanes) is 13. The minimum Gasteiger partial charge on any atom is -0.379 e. The number of rotatable bonds is 20. The summed E-state index contributed by atoms with van der Waals surface area (Å²) in [5, 5.41) is 0. The molecule has 1 aliphatic heterocycles. The molecule has 0 aromatic rings. The smallest absolute Gasteiger partial charge is 0.379 e. The molecule has 29 heavy (non-hydrogen) atoms. The molecule has 0 aliphatic carbocycles. The molecule has 1 unspecified atom stereocenters. The largest absolute Gasteiger partial charge is 0.472 e. The first-order valence-electron chi connectivity index (χ1n) is 12.1. The molecule has 174 valence electrons. The van der Waals surface area contributed by atoms with Gasteiger partial charge in [0.15, 0.2) is 0 Å². The quantitative estimate of drug-likeness (QED) is 0.189. The Morgan fingerprint density at radius 1 is 0.759 bits per heavy atom. The van der Waals surface area contributed by atoms with Crippen LogP contribution < -0.4 is 0 Å². The van der Waals surface area contributed by atoms with Crippen LogP contribution >= 0.6 is 7.82 Å². The number of nitrogens with zero attached hydrogens (tertiary/aromatic N) is 1. The molecule has 1 fully saturated rings. The van der Waals surface area contributed by atoms with Crippen molar-refractivity contribution < 1.29 is 23.2 Å². The van der Waals surface area contributed by atoms with Crippen molar-refractivity contribution in [1.82, 2.24) is 4.90 Å². The van der Waals surface area contributed by atoms with Crippen molar-refractivity contribution in [2.45, 2.75) is 96.8 Å². The lowest BCUT2D eigenvalue weighted by atomic mass is 10.0. The molecular weight excluding hydrogens is 389 g/mol. The molecule has 1 N–H and O–H groups in total. The van der Waals surface area contributed by atoms with E-state index in [9.17, 15) is 9.46 Å². The standard InChI is InChI=1S/C22H46NO5P/c1-2-3-4-5-6-7-8-9-10-11-12-13-14-15-19-27-29(24,25)28-22-18-23-16-20-26-21-17-23/h2-22H2,1H3,(H,24,25). The fourth-order valence-electron chi connectivity index (χ4n) is 3.62. The molecule has 0 aromatic carbocycles. The predicted molar refractivity (Wildman–Crippen MR) is 119 cm³/mol. The van der Waals surface area contributed by atoms with Crippen LogP contribution in [0.5, 0.6) is 0 Å². The van der Waals surface area contributed by atoms with Gasteiger partial charge in [-0.15, -0.1) is 0 Å². The molecular formula is C22H46NO5P.